The van der Waals surface area contributed by atoms with Gasteiger partial charge in [-0.1, -0.05) is 24.3 Å². The molecule has 1 aromatic carbocycles. The first-order chi connectivity index (χ1) is 8.47. The highest BCUT2D eigenvalue weighted by Crippen LogP contribution is 2.19. The van der Waals surface area contributed by atoms with E-state index in [1.54, 1.807) is 25.6 Å². The molecule has 0 aliphatic heterocycles. The molecule has 0 heterocycles. The summed E-state index contributed by atoms with van der Waals surface area (Å²) in [5.74, 6) is 1.08. The van der Waals surface area contributed by atoms with E-state index < -0.39 is 5.54 Å². The molecule has 0 saturated carbocycles. The number of aryl methyl sites for hydroxylation is 1. The monoisotopic (exact) mass is 267 g/mol. The van der Waals surface area contributed by atoms with E-state index >= 15 is 0 Å². The van der Waals surface area contributed by atoms with Crippen molar-refractivity contribution >= 4 is 17.7 Å². The predicted molar refractivity (Wildman–Crippen MR) is 76.6 cm³/mol. The van der Waals surface area contributed by atoms with Gasteiger partial charge in [-0.05, 0) is 31.9 Å². The lowest BCUT2D eigenvalue weighted by Gasteiger charge is -2.21. The van der Waals surface area contributed by atoms with Crippen LogP contribution >= 0.6 is 11.8 Å². The molecule has 0 bridgehead atoms. The molecule has 1 unspecified atom stereocenters. The fourth-order valence-corrected chi connectivity index (χ4v) is 2.69. The van der Waals surface area contributed by atoms with Crippen molar-refractivity contribution in [1.29, 1.82) is 0 Å². The molecule has 0 spiro atoms. The highest BCUT2D eigenvalue weighted by molar-refractivity contribution is 7.98. The van der Waals surface area contributed by atoms with Gasteiger partial charge in [0.15, 0.2) is 0 Å². The largest absolute Gasteiger partial charge is 0.465 e. The van der Waals surface area contributed by atoms with E-state index in [-0.39, 0.29) is 5.97 Å². The van der Waals surface area contributed by atoms with Crippen molar-refractivity contribution in [2.45, 2.75) is 32.1 Å². The van der Waals surface area contributed by atoms with Crippen molar-refractivity contribution in [2.75, 3.05) is 12.4 Å². The Morgan fingerprint density at radius 2 is 2.11 bits per heavy atom. The van der Waals surface area contributed by atoms with Crippen LogP contribution in [0, 0.1) is 6.92 Å². The first kappa shape index (κ1) is 15.1. The van der Waals surface area contributed by atoms with Crippen LogP contribution in [0.25, 0.3) is 0 Å². The maximum Gasteiger partial charge on any atom is 0.326 e. The molecule has 0 aliphatic rings. The van der Waals surface area contributed by atoms with E-state index in [4.69, 9.17) is 10.5 Å². The van der Waals surface area contributed by atoms with Crippen molar-refractivity contribution in [3.8, 4) is 0 Å². The van der Waals surface area contributed by atoms with Gasteiger partial charge >= 0.3 is 5.97 Å². The van der Waals surface area contributed by atoms with Crippen LogP contribution in [0.3, 0.4) is 0 Å². The maximum atomic E-state index is 11.6. The van der Waals surface area contributed by atoms with E-state index in [1.165, 1.54) is 11.1 Å². The van der Waals surface area contributed by atoms with Gasteiger partial charge in [-0.2, -0.15) is 11.8 Å². The summed E-state index contributed by atoms with van der Waals surface area (Å²) in [6.45, 7) is 5.96. The SMILES string of the molecule is CCOC(=O)C(C)(N)CSCc1ccccc1C. The summed E-state index contributed by atoms with van der Waals surface area (Å²) < 4.78 is 4.96. The molecule has 1 aromatic rings. The molecule has 1 rings (SSSR count). The van der Waals surface area contributed by atoms with Crippen LogP contribution in [0.2, 0.25) is 0 Å². The van der Waals surface area contributed by atoms with Gasteiger partial charge in [-0.15, -0.1) is 0 Å². The Kier molecular flexibility index (Phi) is 5.69. The average Bonchev–Trinajstić information content (AvgIpc) is 2.32. The van der Waals surface area contributed by atoms with Gasteiger partial charge in [0.2, 0.25) is 0 Å². The highest BCUT2D eigenvalue weighted by atomic mass is 32.2. The van der Waals surface area contributed by atoms with Crippen molar-refractivity contribution in [3.05, 3.63) is 35.4 Å². The van der Waals surface area contributed by atoms with E-state index in [0.717, 1.165) is 5.75 Å². The average molecular weight is 267 g/mol. The second kappa shape index (κ2) is 6.81. The predicted octanol–water partition coefficient (Wildman–Crippen LogP) is 2.51. The summed E-state index contributed by atoms with van der Waals surface area (Å²) in [4.78, 5) is 11.6. The molecule has 0 saturated heterocycles. The topological polar surface area (TPSA) is 52.3 Å². The normalized spacial score (nSPS) is 14.0. The first-order valence-corrected chi connectivity index (χ1v) is 7.21. The van der Waals surface area contributed by atoms with Gasteiger partial charge in [-0.3, -0.25) is 4.79 Å². The van der Waals surface area contributed by atoms with Crippen LogP contribution in [-0.2, 0) is 15.3 Å². The number of ether oxygens (including phenoxy) is 1. The minimum absolute atomic E-state index is 0.331. The van der Waals surface area contributed by atoms with Gasteiger partial charge in [0, 0.05) is 11.5 Å². The number of hydrogen-bond acceptors (Lipinski definition) is 4. The molecule has 0 amide bonds. The number of carbonyl (C=O) groups excluding carboxylic acids is 1. The van der Waals surface area contributed by atoms with Gasteiger partial charge in [0.25, 0.3) is 0 Å². The number of hydrogen-bond donors (Lipinski definition) is 1. The van der Waals surface area contributed by atoms with Crippen LogP contribution in [0.1, 0.15) is 25.0 Å². The quantitative estimate of drug-likeness (QED) is 0.805. The molecule has 0 aromatic heterocycles. The number of carbonyl (C=O) groups is 1. The Balaban J connectivity index is 2.46. The van der Waals surface area contributed by atoms with E-state index in [1.807, 2.05) is 12.1 Å². The highest BCUT2D eigenvalue weighted by Gasteiger charge is 2.29. The third-order valence-electron chi connectivity index (χ3n) is 2.66. The molecule has 0 fully saturated rings. The van der Waals surface area contributed by atoms with Crippen LogP contribution in [0.5, 0.6) is 0 Å². The fraction of sp³-hybridized carbons (Fsp3) is 0.500. The Morgan fingerprint density at radius 1 is 1.44 bits per heavy atom. The number of esters is 1. The standard InChI is InChI=1S/C14H21NO2S/c1-4-17-13(16)14(3,15)10-18-9-12-8-6-5-7-11(12)2/h5-8H,4,9-10,15H2,1-3H3. The lowest BCUT2D eigenvalue weighted by Crippen LogP contribution is -2.48. The zero-order valence-electron chi connectivity index (χ0n) is 11.2. The summed E-state index contributed by atoms with van der Waals surface area (Å²) >= 11 is 1.66. The molecule has 18 heavy (non-hydrogen) atoms. The number of rotatable bonds is 6. The third kappa shape index (κ3) is 4.35. The van der Waals surface area contributed by atoms with Crippen molar-refractivity contribution in [1.82, 2.24) is 0 Å². The van der Waals surface area contributed by atoms with E-state index in [2.05, 4.69) is 19.1 Å². The first-order valence-electron chi connectivity index (χ1n) is 6.05. The van der Waals surface area contributed by atoms with Crippen LogP contribution in [0.15, 0.2) is 24.3 Å². The summed E-state index contributed by atoms with van der Waals surface area (Å²) in [5.41, 5.74) is 7.58. The molecule has 0 radical (unpaired) electrons. The fourth-order valence-electron chi connectivity index (χ4n) is 1.50. The number of thioether (sulfide) groups is 1. The molecule has 0 aliphatic carbocycles. The molecule has 3 nitrogen and oxygen atoms in total. The molecule has 4 heteroatoms. The molecular formula is C14H21NO2S. The second-order valence-electron chi connectivity index (χ2n) is 4.56. The van der Waals surface area contributed by atoms with Crippen LogP contribution in [-0.4, -0.2) is 23.9 Å². The second-order valence-corrected chi connectivity index (χ2v) is 5.54. The van der Waals surface area contributed by atoms with Crippen molar-refractivity contribution in [2.24, 2.45) is 5.73 Å². The van der Waals surface area contributed by atoms with E-state index in [9.17, 15) is 4.79 Å². The summed E-state index contributed by atoms with van der Waals surface area (Å²) in [6.07, 6.45) is 0. The minimum atomic E-state index is -0.913. The molecular weight excluding hydrogens is 246 g/mol. The van der Waals surface area contributed by atoms with E-state index in [0.29, 0.717) is 12.4 Å². The van der Waals surface area contributed by atoms with Crippen molar-refractivity contribution < 1.29 is 9.53 Å². The number of nitrogens with two attached hydrogens (primary N) is 1. The van der Waals surface area contributed by atoms with Crippen LogP contribution < -0.4 is 5.73 Å². The molecule has 2 N–H and O–H groups in total. The lowest BCUT2D eigenvalue weighted by molar-refractivity contribution is -0.148. The van der Waals surface area contributed by atoms with Gasteiger partial charge in [0.1, 0.15) is 5.54 Å². The minimum Gasteiger partial charge on any atom is -0.465 e. The van der Waals surface area contributed by atoms with Crippen LogP contribution in [0.4, 0.5) is 0 Å². The van der Waals surface area contributed by atoms with Gasteiger partial charge in [0.05, 0.1) is 6.61 Å². The lowest BCUT2D eigenvalue weighted by atomic mass is 10.1. The smallest absolute Gasteiger partial charge is 0.326 e. The Labute approximate surface area is 113 Å². The zero-order chi connectivity index (χ0) is 13.6. The third-order valence-corrected chi connectivity index (χ3v) is 3.98. The summed E-state index contributed by atoms with van der Waals surface area (Å²) in [7, 11) is 0. The Hall–Kier alpha value is -1.00. The molecule has 100 valence electrons. The maximum absolute atomic E-state index is 11.6. The Bertz CT molecular complexity index is 405. The van der Waals surface area contributed by atoms with Crippen molar-refractivity contribution in [3.63, 3.8) is 0 Å². The number of benzene rings is 1. The zero-order valence-corrected chi connectivity index (χ0v) is 12.0. The summed E-state index contributed by atoms with van der Waals surface area (Å²) in [5, 5.41) is 0. The summed E-state index contributed by atoms with van der Waals surface area (Å²) in [6, 6.07) is 8.23. The molecule has 1 atom stereocenters. The van der Waals surface area contributed by atoms with Gasteiger partial charge in [-0.25, -0.2) is 0 Å². The Morgan fingerprint density at radius 3 is 2.72 bits per heavy atom. The van der Waals surface area contributed by atoms with Gasteiger partial charge < -0.3 is 10.5 Å².